The van der Waals surface area contributed by atoms with Crippen LogP contribution in [0.5, 0.6) is 5.75 Å². The number of likely N-dealkylation sites (tertiary alicyclic amines) is 1. The molecule has 27 heavy (non-hydrogen) atoms. The van der Waals surface area contributed by atoms with Crippen molar-refractivity contribution >= 4 is 5.78 Å². The summed E-state index contributed by atoms with van der Waals surface area (Å²) in [6, 6.07) is 16.7. The summed E-state index contributed by atoms with van der Waals surface area (Å²) in [6.45, 7) is 2.72. The number of carbonyl (C=O) groups excluding carboxylic acids is 1. The van der Waals surface area contributed by atoms with Gasteiger partial charge in [-0.2, -0.15) is 0 Å². The molecule has 4 rings (SSSR count). The van der Waals surface area contributed by atoms with Gasteiger partial charge in [-0.25, -0.2) is 0 Å². The van der Waals surface area contributed by atoms with Crippen LogP contribution in [0, 0.1) is 11.8 Å². The van der Waals surface area contributed by atoms with E-state index in [0.717, 1.165) is 38.9 Å². The second-order valence-corrected chi connectivity index (χ2v) is 8.29. The van der Waals surface area contributed by atoms with Crippen molar-refractivity contribution in [2.45, 2.75) is 31.3 Å². The standard InChI is InChI=1S/C23H27NO3/c25-21-8-6-18(7-9-21)22(26)10-11-24-15-19-13-23(27,14-20(19)16-24)12-17-4-2-1-3-5-17/h1-9,19-20,25,27H,10-16H2/t19-,20?,23-/m0/s1. The molecule has 0 amide bonds. The number of aliphatic hydroxyl groups is 1. The molecule has 2 N–H and O–H groups in total. The molecule has 142 valence electrons. The van der Waals surface area contributed by atoms with Gasteiger partial charge < -0.3 is 15.1 Å². The Labute approximate surface area is 160 Å². The molecule has 0 radical (unpaired) electrons. The maximum absolute atomic E-state index is 12.3. The summed E-state index contributed by atoms with van der Waals surface area (Å²) in [4.78, 5) is 14.7. The van der Waals surface area contributed by atoms with Crippen molar-refractivity contribution in [1.82, 2.24) is 4.90 Å². The summed E-state index contributed by atoms with van der Waals surface area (Å²) in [5, 5.41) is 20.4. The first-order valence-electron chi connectivity index (χ1n) is 9.82. The maximum atomic E-state index is 12.3. The predicted octanol–water partition coefficient (Wildman–Crippen LogP) is 3.28. The lowest BCUT2D eigenvalue weighted by Gasteiger charge is -2.26. The molecule has 3 atom stereocenters. The molecule has 0 aromatic heterocycles. The average molecular weight is 365 g/mol. The lowest BCUT2D eigenvalue weighted by molar-refractivity contribution is 0.0353. The van der Waals surface area contributed by atoms with Crippen LogP contribution < -0.4 is 0 Å². The number of hydrogen-bond donors (Lipinski definition) is 2. The first-order valence-corrected chi connectivity index (χ1v) is 9.82. The van der Waals surface area contributed by atoms with Crippen molar-refractivity contribution in [3.05, 3.63) is 65.7 Å². The summed E-state index contributed by atoms with van der Waals surface area (Å²) in [6.07, 6.45) is 2.95. The van der Waals surface area contributed by atoms with Crippen molar-refractivity contribution in [3.63, 3.8) is 0 Å². The van der Waals surface area contributed by atoms with Gasteiger partial charge in [0.15, 0.2) is 5.78 Å². The van der Waals surface area contributed by atoms with E-state index >= 15 is 0 Å². The molecule has 1 aliphatic heterocycles. The van der Waals surface area contributed by atoms with Crippen LogP contribution in [0.3, 0.4) is 0 Å². The van der Waals surface area contributed by atoms with E-state index in [1.807, 2.05) is 18.2 Å². The first kappa shape index (κ1) is 18.2. The van der Waals surface area contributed by atoms with Gasteiger partial charge in [0.05, 0.1) is 5.60 Å². The minimum absolute atomic E-state index is 0.118. The van der Waals surface area contributed by atoms with Crippen LogP contribution in [0.4, 0.5) is 0 Å². The summed E-state index contributed by atoms with van der Waals surface area (Å²) < 4.78 is 0. The normalized spacial score (nSPS) is 27.6. The highest BCUT2D eigenvalue weighted by molar-refractivity contribution is 5.96. The van der Waals surface area contributed by atoms with Crippen LogP contribution in [-0.4, -0.2) is 46.1 Å². The Balaban J connectivity index is 1.27. The van der Waals surface area contributed by atoms with Crippen LogP contribution in [0.1, 0.15) is 35.2 Å². The second kappa shape index (κ2) is 7.45. The molecule has 2 aromatic rings. The molecule has 1 unspecified atom stereocenters. The number of nitrogens with zero attached hydrogens (tertiary/aromatic N) is 1. The lowest BCUT2D eigenvalue weighted by atomic mass is 9.91. The summed E-state index contributed by atoms with van der Waals surface area (Å²) in [5.74, 6) is 1.36. The summed E-state index contributed by atoms with van der Waals surface area (Å²) in [7, 11) is 0. The second-order valence-electron chi connectivity index (χ2n) is 8.29. The minimum atomic E-state index is -0.579. The first-order chi connectivity index (χ1) is 13.0. The number of phenols is 1. The Morgan fingerprint density at radius 2 is 1.63 bits per heavy atom. The van der Waals surface area contributed by atoms with E-state index in [-0.39, 0.29) is 11.5 Å². The molecular formula is C23H27NO3. The van der Waals surface area contributed by atoms with E-state index in [9.17, 15) is 15.0 Å². The van der Waals surface area contributed by atoms with Crippen molar-refractivity contribution in [2.75, 3.05) is 19.6 Å². The quantitative estimate of drug-likeness (QED) is 0.772. The highest BCUT2D eigenvalue weighted by atomic mass is 16.3. The highest BCUT2D eigenvalue weighted by Crippen LogP contribution is 2.45. The number of carbonyl (C=O) groups is 1. The number of hydrogen-bond acceptors (Lipinski definition) is 4. The third-order valence-corrected chi connectivity index (χ3v) is 6.16. The Bertz CT molecular complexity index is 773. The lowest BCUT2D eigenvalue weighted by Crippen LogP contribution is -2.32. The topological polar surface area (TPSA) is 60.8 Å². The molecule has 4 nitrogen and oxygen atoms in total. The van der Waals surface area contributed by atoms with Crippen molar-refractivity contribution in [1.29, 1.82) is 0 Å². The number of rotatable bonds is 6. The van der Waals surface area contributed by atoms with Crippen LogP contribution in [0.15, 0.2) is 54.6 Å². The molecule has 2 aliphatic rings. The fraction of sp³-hybridized carbons (Fsp3) is 0.435. The summed E-state index contributed by atoms with van der Waals surface area (Å²) in [5.41, 5.74) is 1.28. The number of aromatic hydroxyl groups is 1. The Morgan fingerprint density at radius 1 is 1.00 bits per heavy atom. The Hall–Kier alpha value is -2.17. The SMILES string of the molecule is O=C(CCN1CC2C[C@](O)(Cc3ccccc3)C[C@H]2C1)c1ccc(O)cc1. The molecule has 2 aromatic carbocycles. The molecular weight excluding hydrogens is 338 g/mol. The van der Waals surface area contributed by atoms with Gasteiger partial charge in [0.25, 0.3) is 0 Å². The van der Waals surface area contributed by atoms with E-state index in [0.29, 0.717) is 23.8 Å². The number of Topliss-reactive ketones (excluding diaryl/α,β-unsaturated/α-hetero) is 1. The largest absolute Gasteiger partial charge is 0.508 e. The third kappa shape index (κ3) is 4.23. The number of phenolic OH excluding ortho intramolecular Hbond substituents is 1. The van der Waals surface area contributed by atoms with E-state index in [2.05, 4.69) is 17.0 Å². The zero-order valence-electron chi connectivity index (χ0n) is 15.6. The summed E-state index contributed by atoms with van der Waals surface area (Å²) >= 11 is 0. The van der Waals surface area contributed by atoms with Gasteiger partial charge in [0.2, 0.25) is 0 Å². The van der Waals surface area contributed by atoms with Gasteiger partial charge in [-0.1, -0.05) is 30.3 Å². The zero-order chi connectivity index (χ0) is 18.9. The molecule has 1 saturated heterocycles. The number of ketones is 1. The van der Waals surface area contributed by atoms with Crippen molar-refractivity contribution < 1.29 is 15.0 Å². The molecule has 1 heterocycles. The van der Waals surface area contributed by atoms with Gasteiger partial charge in [-0.3, -0.25) is 4.79 Å². The monoisotopic (exact) mass is 365 g/mol. The molecule has 0 bridgehead atoms. The van der Waals surface area contributed by atoms with Gasteiger partial charge in [0, 0.05) is 38.0 Å². The maximum Gasteiger partial charge on any atom is 0.164 e. The van der Waals surface area contributed by atoms with Gasteiger partial charge in [-0.05, 0) is 54.5 Å². The highest BCUT2D eigenvalue weighted by Gasteiger charge is 2.47. The zero-order valence-corrected chi connectivity index (χ0v) is 15.6. The minimum Gasteiger partial charge on any atom is -0.508 e. The molecule has 4 heteroatoms. The van der Waals surface area contributed by atoms with Crippen LogP contribution in [0.25, 0.3) is 0 Å². The van der Waals surface area contributed by atoms with Gasteiger partial charge >= 0.3 is 0 Å². The number of benzene rings is 2. The smallest absolute Gasteiger partial charge is 0.164 e. The molecule has 2 fully saturated rings. The van der Waals surface area contributed by atoms with E-state index in [1.54, 1.807) is 24.3 Å². The van der Waals surface area contributed by atoms with Crippen molar-refractivity contribution in [3.8, 4) is 5.75 Å². The van der Waals surface area contributed by atoms with E-state index in [1.165, 1.54) is 5.56 Å². The van der Waals surface area contributed by atoms with Crippen LogP contribution >= 0.6 is 0 Å². The Morgan fingerprint density at radius 3 is 2.26 bits per heavy atom. The van der Waals surface area contributed by atoms with Gasteiger partial charge in [0.1, 0.15) is 5.75 Å². The Kier molecular flexibility index (Phi) is 5.02. The molecule has 1 aliphatic carbocycles. The fourth-order valence-corrected chi connectivity index (χ4v) is 4.91. The van der Waals surface area contributed by atoms with Crippen LogP contribution in [-0.2, 0) is 6.42 Å². The fourth-order valence-electron chi connectivity index (χ4n) is 4.91. The van der Waals surface area contributed by atoms with E-state index in [4.69, 9.17) is 0 Å². The van der Waals surface area contributed by atoms with E-state index < -0.39 is 5.60 Å². The molecule has 0 spiro atoms. The van der Waals surface area contributed by atoms with Gasteiger partial charge in [-0.15, -0.1) is 0 Å². The average Bonchev–Trinajstić information content (AvgIpc) is 3.15. The van der Waals surface area contributed by atoms with Crippen molar-refractivity contribution in [2.24, 2.45) is 11.8 Å². The predicted molar refractivity (Wildman–Crippen MR) is 105 cm³/mol. The van der Waals surface area contributed by atoms with Crippen LogP contribution in [0.2, 0.25) is 0 Å². The molecule has 1 saturated carbocycles. The number of fused-ring (bicyclic) bond motifs is 1. The third-order valence-electron chi connectivity index (χ3n) is 6.16.